The maximum absolute atomic E-state index is 13.0. The van der Waals surface area contributed by atoms with Gasteiger partial charge in [0.15, 0.2) is 5.96 Å². The van der Waals surface area contributed by atoms with Gasteiger partial charge >= 0.3 is 11.9 Å². The minimum atomic E-state index is -4.68. The zero-order chi connectivity index (χ0) is 21.3. The van der Waals surface area contributed by atoms with Crippen LogP contribution >= 0.6 is 11.3 Å². The van der Waals surface area contributed by atoms with Crippen molar-refractivity contribution in [3.63, 3.8) is 0 Å². The van der Waals surface area contributed by atoms with Gasteiger partial charge in [-0.05, 0) is 12.5 Å². The molecule has 2 aromatic rings. The monoisotopic (exact) mass is 433 g/mol. The molecular formula is C17H22F3N5O3S. The molecule has 0 saturated carbocycles. The number of aromatic nitrogens is 2. The Kier molecular flexibility index (Phi) is 6.03. The predicted octanol–water partition coefficient (Wildman–Crippen LogP) is 1.13. The van der Waals surface area contributed by atoms with Gasteiger partial charge in [-0.3, -0.25) is 18.9 Å². The van der Waals surface area contributed by atoms with Crippen LogP contribution in [0.2, 0.25) is 0 Å². The number of guanidine groups is 1. The van der Waals surface area contributed by atoms with Crippen molar-refractivity contribution in [3.8, 4) is 0 Å². The van der Waals surface area contributed by atoms with E-state index < -0.39 is 24.0 Å². The molecule has 0 bridgehead atoms. The molecule has 12 heteroatoms. The number of nitrogens with one attached hydrogen (secondary N) is 1. The van der Waals surface area contributed by atoms with Crippen molar-refractivity contribution in [2.24, 2.45) is 4.99 Å². The number of hydrogen-bond donors (Lipinski definition) is 1. The van der Waals surface area contributed by atoms with Gasteiger partial charge in [0.25, 0.3) is 5.56 Å². The van der Waals surface area contributed by atoms with E-state index in [0.29, 0.717) is 22.9 Å². The average molecular weight is 433 g/mol. The number of fused-ring (bicyclic) bond motifs is 1. The number of alkyl halides is 3. The van der Waals surface area contributed by atoms with Crippen molar-refractivity contribution in [3.05, 3.63) is 31.3 Å². The number of aliphatic imine (C=N–C) groups is 1. The first kappa shape index (κ1) is 21.4. The highest BCUT2D eigenvalue weighted by Crippen LogP contribution is 2.29. The minimum absolute atomic E-state index is 0.0519. The second-order valence-electron chi connectivity index (χ2n) is 6.66. The van der Waals surface area contributed by atoms with E-state index in [9.17, 15) is 22.8 Å². The predicted molar refractivity (Wildman–Crippen MR) is 105 cm³/mol. The zero-order valence-corrected chi connectivity index (χ0v) is 17.1. The number of ether oxygens (including phenoxy) is 1. The molecule has 0 radical (unpaired) electrons. The van der Waals surface area contributed by atoms with Crippen molar-refractivity contribution < 1.29 is 17.9 Å². The van der Waals surface area contributed by atoms with Gasteiger partial charge in [-0.1, -0.05) is 0 Å². The first-order valence-corrected chi connectivity index (χ1v) is 9.76. The van der Waals surface area contributed by atoms with Crippen LogP contribution in [0.3, 0.4) is 0 Å². The van der Waals surface area contributed by atoms with Gasteiger partial charge in [0, 0.05) is 32.1 Å². The standard InChI is InChI=1S/C17H22F3N5O3S/c1-10-11(8-23-5-4-22-15(23)21-2)29-14-12(10)13(26)25(9-17(18,19)20)16(27)24(14)6-7-28-3/h4-9H2,1-3H3,(H,21,22). The number of nitrogens with zero attached hydrogens (tertiary/aromatic N) is 4. The molecule has 2 aromatic heterocycles. The maximum atomic E-state index is 13.0. The average Bonchev–Trinajstić information content (AvgIpc) is 3.23. The van der Waals surface area contributed by atoms with Gasteiger partial charge in [0.1, 0.15) is 11.4 Å². The lowest BCUT2D eigenvalue weighted by Crippen LogP contribution is -2.43. The fourth-order valence-corrected chi connectivity index (χ4v) is 4.69. The van der Waals surface area contributed by atoms with Gasteiger partial charge in [-0.15, -0.1) is 11.3 Å². The molecule has 1 aliphatic heterocycles. The molecule has 1 fully saturated rings. The summed E-state index contributed by atoms with van der Waals surface area (Å²) in [5, 5.41) is 3.29. The first-order chi connectivity index (χ1) is 13.7. The Morgan fingerprint density at radius 1 is 1.28 bits per heavy atom. The number of thiophene rings is 1. The molecule has 0 aliphatic carbocycles. The van der Waals surface area contributed by atoms with Gasteiger partial charge in [0.2, 0.25) is 0 Å². The zero-order valence-electron chi connectivity index (χ0n) is 16.3. The van der Waals surface area contributed by atoms with Crippen LogP contribution in [0.1, 0.15) is 10.4 Å². The van der Waals surface area contributed by atoms with Crippen molar-refractivity contribution >= 4 is 27.5 Å². The number of rotatable bonds is 6. The highest BCUT2D eigenvalue weighted by Gasteiger charge is 2.32. The molecule has 0 aromatic carbocycles. The summed E-state index contributed by atoms with van der Waals surface area (Å²) in [6.07, 6.45) is -4.68. The highest BCUT2D eigenvalue weighted by molar-refractivity contribution is 7.18. The summed E-state index contributed by atoms with van der Waals surface area (Å²) in [5.41, 5.74) is -1.32. The second kappa shape index (κ2) is 8.19. The third kappa shape index (κ3) is 4.17. The summed E-state index contributed by atoms with van der Waals surface area (Å²) >= 11 is 1.24. The van der Waals surface area contributed by atoms with Gasteiger partial charge in [-0.2, -0.15) is 13.2 Å². The summed E-state index contributed by atoms with van der Waals surface area (Å²) in [6.45, 7) is 2.15. The van der Waals surface area contributed by atoms with Crippen molar-refractivity contribution in [1.82, 2.24) is 19.4 Å². The number of hydrogen-bond acceptors (Lipinski definition) is 5. The van der Waals surface area contributed by atoms with Crippen molar-refractivity contribution in [2.75, 3.05) is 33.9 Å². The Morgan fingerprint density at radius 2 is 2.00 bits per heavy atom. The third-order valence-electron chi connectivity index (χ3n) is 4.76. The van der Waals surface area contributed by atoms with Crippen LogP contribution in [0.15, 0.2) is 14.6 Å². The molecule has 8 nitrogen and oxygen atoms in total. The van der Waals surface area contributed by atoms with E-state index in [1.165, 1.54) is 23.0 Å². The molecule has 0 amide bonds. The topological polar surface area (TPSA) is 80.9 Å². The van der Waals surface area contributed by atoms with Crippen LogP contribution in [-0.4, -0.2) is 60.0 Å². The molecule has 3 rings (SSSR count). The van der Waals surface area contributed by atoms with Gasteiger partial charge in [0.05, 0.1) is 25.1 Å². The molecule has 1 aliphatic rings. The normalized spacial score (nSPS) is 16.2. The van der Waals surface area contributed by atoms with Crippen LogP contribution in [0.5, 0.6) is 0 Å². The lowest BCUT2D eigenvalue weighted by atomic mass is 10.2. The molecule has 1 saturated heterocycles. The van der Waals surface area contributed by atoms with E-state index in [0.717, 1.165) is 18.0 Å². The summed E-state index contributed by atoms with van der Waals surface area (Å²) in [5.74, 6) is 0.716. The Bertz CT molecular complexity index is 1050. The number of aryl methyl sites for hydroxylation is 1. The molecule has 3 heterocycles. The minimum Gasteiger partial charge on any atom is -0.383 e. The third-order valence-corrected chi connectivity index (χ3v) is 6.06. The molecular weight excluding hydrogens is 411 g/mol. The Labute approximate surface area is 168 Å². The molecule has 0 atom stereocenters. The van der Waals surface area contributed by atoms with Crippen LogP contribution in [-0.2, 0) is 24.4 Å². The molecule has 160 valence electrons. The van der Waals surface area contributed by atoms with Gasteiger partial charge < -0.3 is 15.0 Å². The highest BCUT2D eigenvalue weighted by atomic mass is 32.1. The first-order valence-electron chi connectivity index (χ1n) is 8.94. The van der Waals surface area contributed by atoms with E-state index in [-0.39, 0.29) is 23.1 Å². The SMILES string of the molecule is C/N=C1\NCCN1Cc1sc2c(c1C)c(=O)n(CC(F)(F)F)c(=O)n2CCOC. The lowest BCUT2D eigenvalue weighted by Gasteiger charge is -2.16. The maximum Gasteiger partial charge on any atom is 0.406 e. The summed E-state index contributed by atoms with van der Waals surface area (Å²) in [7, 11) is 3.10. The van der Waals surface area contributed by atoms with Crippen LogP contribution < -0.4 is 16.6 Å². The number of methoxy groups -OCH3 is 1. The molecule has 29 heavy (non-hydrogen) atoms. The molecule has 0 unspecified atom stereocenters. The van der Waals surface area contributed by atoms with E-state index in [1.807, 2.05) is 4.90 Å². The van der Waals surface area contributed by atoms with E-state index >= 15 is 0 Å². The fraction of sp³-hybridized carbons (Fsp3) is 0.588. The summed E-state index contributed by atoms with van der Waals surface area (Å²) in [4.78, 5) is 32.8. The summed E-state index contributed by atoms with van der Waals surface area (Å²) < 4.78 is 45.4. The van der Waals surface area contributed by atoms with Crippen LogP contribution in [0.25, 0.3) is 10.2 Å². The van der Waals surface area contributed by atoms with Crippen LogP contribution in [0.4, 0.5) is 13.2 Å². The number of halogens is 3. The quantitative estimate of drug-likeness (QED) is 0.739. The van der Waals surface area contributed by atoms with Crippen LogP contribution in [0, 0.1) is 6.92 Å². The van der Waals surface area contributed by atoms with E-state index in [2.05, 4.69) is 10.3 Å². The fourth-order valence-electron chi connectivity index (χ4n) is 3.36. The Balaban J connectivity index is 2.18. The Hall–Kier alpha value is -2.34. The molecule has 0 spiro atoms. The van der Waals surface area contributed by atoms with E-state index in [4.69, 9.17) is 4.74 Å². The van der Waals surface area contributed by atoms with Crippen molar-refractivity contribution in [1.29, 1.82) is 0 Å². The Morgan fingerprint density at radius 3 is 2.62 bits per heavy atom. The van der Waals surface area contributed by atoms with E-state index in [1.54, 1.807) is 14.0 Å². The second-order valence-corrected chi connectivity index (χ2v) is 7.74. The smallest absolute Gasteiger partial charge is 0.383 e. The largest absolute Gasteiger partial charge is 0.406 e. The van der Waals surface area contributed by atoms with Crippen molar-refractivity contribution in [2.45, 2.75) is 32.7 Å². The molecule has 1 N–H and O–H groups in total. The van der Waals surface area contributed by atoms with Gasteiger partial charge in [-0.25, -0.2) is 4.79 Å². The lowest BCUT2D eigenvalue weighted by molar-refractivity contribution is -0.141. The summed E-state index contributed by atoms with van der Waals surface area (Å²) in [6, 6.07) is 0.